The van der Waals surface area contributed by atoms with Crippen molar-refractivity contribution < 1.29 is 18.3 Å². The van der Waals surface area contributed by atoms with Gasteiger partial charge in [0.25, 0.3) is 5.91 Å². The van der Waals surface area contributed by atoms with Crippen molar-refractivity contribution >= 4 is 11.7 Å². The third-order valence-electron chi connectivity index (χ3n) is 5.17. The Bertz CT molecular complexity index is 1260. The SMILES string of the molecule is Cc1occc1C(=O)Nc1cc(-c2c(-c3ccc(F)cc3)nn3c2OCCC3)ccn1. The van der Waals surface area contributed by atoms with Gasteiger partial charge in [-0.2, -0.15) is 5.10 Å². The maximum atomic E-state index is 13.5. The number of aromatic nitrogens is 3. The summed E-state index contributed by atoms with van der Waals surface area (Å²) in [4.78, 5) is 16.8. The van der Waals surface area contributed by atoms with E-state index in [1.54, 1.807) is 37.4 Å². The molecule has 0 saturated heterocycles. The first-order valence-corrected chi connectivity index (χ1v) is 9.91. The lowest BCUT2D eigenvalue weighted by molar-refractivity contribution is 0.102. The van der Waals surface area contributed by atoms with Crippen LogP contribution >= 0.6 is 0 Å². The molecule has 0 unspecified atom stereocenters. The molecule has 0 spiro atoms. The Kier molecular flexibility index (Phi) is 4.74. The minimum absolute atomic E-state index is 0.303. The number of hydrogen-bond acceptors (Lipinski definition) is 5. The van der Waals surface area contributed by atoms with E-state index in [1.807, 2.05) is 10.7 Å². The number of amides is 1. The van der Waals surface area contributed by atoms with Crippen LogP contribution in [0.3, 0.4) is 0 Å². The van der Waals surface area contributed by atoms with E-state index in [0.29, 0.717) is 35.3 Å². The topological polar surface area (TPSA) is 82.2 Å². The van der Waals surface area contributed by atoms with Crippen molar-refractivity contribution in [3.05, 3.63) is 72.1 Å². The van der Waals surface area contributed by atoms with Crippen molar-refractivity contribution in [2.45, 2.75) is 19.9 Å². The van der Waals surface area contributed by atoms with E-state index in [-0.39, 0.29) is 11.7 Å². The lowest BCUT2D eigenvalue weighted by Gasteiger charge is -2.16. The number of nitrogens with zero attached hydrogens (tertiary/aromatic N) is 3. The molecule has 1 aromatic carbocycles. The summed E-state index contributed by atoms with van der Waals surface area (Å²) < 4.78 is 26.4. The van der Waals surface area contributed by atoms with Gasteiger partial charge in [-0.15, -0.1) is 0 Å². The highest BCUT2D eigenvalue weighted by Crippen LogP contribution is 2.41. The van der Waals surface area contributed by atoms with Crippen LogP contribution in [0.1, 0.15) is 22.5 Å². The highest BCUT2D eigenvalue weighted by Gasteiger charge is 2.25. The number of carbonyl (C=O) groups is 1. The van der Waals surface area contributed by atoms with Crippen molar-refractivity contribution in [2.24, 2.45) is 0 Å². The second-order valence-corrected chi connectivity index (χ2v) is 7.24. The van der Waals surface area contributed by atoms with E-state index in [1.165, 1.54) is 18.4 Å². The molecular formula is C23H19FN4O3. The van der Waals surface area contributed by atoms with Gasteiger partial charge >= 0.3 is 0 Å². The molecule has 4 aromatic rings. The fourth-order valence-electron chi connectivity index (χ4n) is 3.66. The quantitative estimate of drug-likeness (QED) is 0.520. The van der Waals surface area contributed by atoms with Crippen molar-refractivity contribution in [2.75, 3.05) is 11.9 Å². The second kappa shape index (κ2) is 7.71. The molecule has 31 heavy (non-hydrogen) atoms. The Morgan fingerprint density at radius 1 is 1.16 bits per heavy atom. The maximum absolute atomic E-state index is 13.5. The highest BCUT2D eigenvalue weighted by atomic mass is 19.1. The molecule has 5 rings (SSSR count). The standard InChI is InChI=1S/C23H19FN4O3/c1-14-18(8-12-30-14)22(29)26-19-13-16(7-9-25-19)20-21(15-3-5-17(24)6-4-15)27-28-10-2-11-31-23(20)28/h3-9,12-13H,2,10-11H2,1H3,(H,25,26,29). The van der Waals surface area contributed by atoms with Crippen LogP contribution in [-0.4, -0.2) is 27.3 Å². The smallest absolute Gasteiger partial charge is 0.260 e. The average molecular weight is 418 g/mol. The number of anilines is 1. The molecule has 0 bridgehead atoms. The Labute approximate surface area is 177 Å². The molecule has 1 aliphatic heterocycles. The van der Waals surface area contributed by atoms with Gasteiger partial charge in [-0.05, 0) is 55.0 Å². The number of carbonyl (C=O) groups excluding carboxylic acids is 1. The van der Waals surface area contributed by atoms with Crippen LogP contribution < -0.4 is 10.1 Å². The predicted molar refractivity (Wildman–Crippen MR) is 112 cm³/mol. The Hall–Kier alpha value is -3.94. The van der Waals surface area contributed by atoms with Gasteiger partial charge < -0.3 is 14.5 Å². The van der Waals surface area contributed by atoms with Crippen molar-refractivity contribution in [1.82, 2.24) is 14.8 Å². The first-order valence-electron chi connectivity index (χ1n) is 9.91. The van der Waals surface area contributed by atoms with Gasteiger partial charge in [-0.25, -0.2) is 14.1 Å². The van der Waals surface area contributed by atoms with Crippen molar-refractivity contribution in [3.8, 4) is 28.3 Å². The number of aryl methyl sites for hydroxylation is 2. The van der Waals surface area contributed by atoms with E-state index in [9.17, 15) is 9.18 Å². The first kappa shape index (κ1) is 19.0. The molecule has 0 fully saturated rings. The third-order valence-corrected chi connectivity index (χ3v) is 5.17. The number of fused-ring (bicyclic) bond motifs is 1. The zero-order chi connectivity index (χ0) is 21.4. The van der Waals surface area contributed by atoms with E-state index >= 15 is 0 Å². The summed E-state index contributed by atoms with van der Waals surface area (Å²) in [6.45, 7) is 3.05. The van der Waals surface area contributed by atoms with Crippen molar-refractivity contribution in [3.63, 3.8) is 0 Å². The van der Waals surface area contributed by atoms with Crippen LogP contribution in [0.2, 0.25) is 0 Å². The molecule has 8 heteroatoms. The van der Waals surface area contributed by atoms with Crippen LogP contribution in [0.25, 0.3) is 22.4 Å². The monoisotopic (exact) mass is 418 g/mol. The van der Waals surface area contributed by atoms with Crippen LogP contribution in [0.5, 0.6) is 5.88 Å². The van der Waals surface area contributed by atoms with Gasteiger partial charge in [0.1, 0.15) is 23.1 Å². The number of pyridine rings is 1. The Balaban J connectivity index is 1.56. The predicted octanol–water partition coefficient (Wildman–Crippen LogP) is 4.69. The molecule has 156 valence electrons. The van der Waals surface area contributed by atoms with Crippen LogP contribution in [0.4, 0.5) is 10.2 Å². The van der Waals surface area contributed by atoms with Gasteiger partial charge in [0.15, 0.2) is 0 Å². The molecule has 0 radical (unpaired) electrons. The summed E-state index contributed by atoms with van der Waals surface area (Å²) in [5.74, 6) is 0.965. The zero-order valence-electron chi connectivity index (χ0n) is 16.8. The molecule has 4 heterocycles. The molecule has 0 saturated carbocycles. The summed E-state index contributed by atoms with van der Waals surface area (Å²) >= 11 is 0. The van der Waals surface area contributed by atoms with E-state index in [2.05, 4.69) is 10.3 Å². The fraction of sp³-hybridized carbons (Fsp3) is 0.174. The highest BCUT2D eigenvalue weighted by molar-refractivity contribution is 6.04. The lowest BCUT2D eigenvalue weighted by Crippen LogP contribution is -2.15. The van der Waals surface area contributed by atoms with E-state index in [4.69, 9.17) is 14.3 Å². The minimum Gasteiger partial charge on any atom is -0.477 e. The number of hydrogen-bond donors (Lipinski definition) is 1. The summed E-state index contributed by atoms with van der Waals surface area (Å²) in [5.41, 5.74) is 3.48. The number of furan rings is 1. The minimum atomic E-state index is -0.311. The largest absolute Gasteiger partial charge is 0.477 e. The number of nitrogens with one attached hydrogen (secondary N) is 1. The summed E-state index contributed by atoms with van der Waals surface area (Å²) in [6.07, 6.45) is 3.95. The zero-order valence-corrected chi connectivity index (χ0v) is 16.8. The fourth-order valence-corrected chi connectivity index (χ4v) is 3.66. The normalized spacial score (nSPS) is 12.8. The molecule has 1 N–H and O–H groups in total. The molecule has 0 aliphatic carbocycles. The van der Waals surface area contributed by atoms with Gasteiger partial charge in [-0.3, -0.25) is 4.79 Å². The van der Waals surface area contributed by atoms with Crippen LogP contribution in [0, 0.1) is 12.7 Å². The van der Waals surface area contributed by atoms with Gasteiger partial charge in [-0.1, -0.05) is 0 Å². The average Bonchev–Trinajstić information content (AvgIpc) is 3.38. The van der Waals surface area contributed by atoms with Gasteiger partial charge in [0.2, 0.25) is 5.88 Å². The lowest BCUT2D eigenvalue weighted by atomic mass is 10.0. The summed E-state index contributed by atoms with van der Waals surface area (Å²) in [7, 11) is 0. The molecular weight excluding hydrogens is 399 g/mol. The Morgan fingerprint density at radius 2 is 2.00 bits per heavy atom. The van der Waals surface area contributed by atoms with Crippen LogP contribution in [-0.2, 0) is 6.54 Å². The van der Waals surface area contributed by atoms with Crippen LogP contribution in [0.15, 0.2) is 59.3 Å². The molecule has 1 aliphatic rings. The van der Waals surface area contributed by atoms with E-state index < -0.39 is 0 Å². The number of benzene rings is 1. The molecule has 0 atom stereocenters. The number of ether oxygens (including phenoxy) is 1. The molecule has 3 aromatic heterocycles. The first-order chi connectivity index (χ1) is 15.1. The second-order valence-electron chi connectivity index (χ2n) is 7.24. The molecule has 1 amide bonds. The third kappa shape index (κ3) is 3.56. The van der Waals surface area contributed by atoms with Crippen molar-refractivity contribution in [1.29, 1.82) is 0 Å². The molecule has 7 nitrogen and oxygen atoms in total. The number of halogens is 1. The summed E-state index contributed by atoms with van der Waals surface area (Å²) in [6, 6.07) is 11.4. The van der Waals surface area contributed by atoms with Gasteiger partial charge in [0.05, 0.1) is 24.0 Å². The maximum Gasteiger partial charge on any atom is 0.260 e. The summed E-state index contributed by atoms with van der Waals surface area (Å²) in [5, 5.41) is 7.53. The Morgan fingerprint density at radius 3 is 2.77 bits per heavy atom. The van der Waals surface area contributed by atoms with Gasteiger partial charge in [0, 0.05) is 24.7 Å². The number of rotatable bonds is 4. The van der Waals surface area contributed by atoms with E-state index in [0.717, 1.165) is 29.7 Å².